The fourth-order valence-electron chi connectivity index (χ4n) is 2.70. The molecule has 0 radical (unpaired) electrons. The second-order valence-electron chi connectivity index (χ2n) is 6.52. The number of benzene rings is 2. The van der Waals surface area contributed by atoms with Gasteiger partial charge in [-0.1, -0.05) is 55.8 Å². The van der Waals surface area contributed by atoms with Gasteiger partial charge in [-0.2, -0.15) is 0 Å². The molecule has 0 aliphatic carbocycles. The maximum atomic E-state index is 6.02. The molecule has 0 aliphatic rings. The zero-order chi connectivity index (χ0) is 17.1. The number of halogens is 1. The Bertz CT molecular complexity index is 809. The van der Waals surface area contributed by atoms with Gasteiger partial charge in [0.25, 0.3) is 0 Å². The molecular formula is C20H21ClN2O. The average molecular weight is 341 g/mol. The third-order valence-electron chi connectivity index (χ3n) is 4.01. The number of aromatic nitrogens is 2. The lowest BCUT2D eigenvalue weighted by molar-refractivity contribution is 0.490. The average Bonchev–Trinajstić information content (AvgIpc) is 3.04. The van der Waals surface area contributed by atoms with E-state index in [-0.39, 0.29) is 5.92 Å². The molecule has 0 amide bonds. The van der Waals surface area contributed by atoms with E-state index in [1.165, 1.54) is 11.1 Å². The van der Waals surface area contributed by atoms with Crippen molar-refractivity contribution in [1.82, 2.24) is 10.2 Å². The van der Waals surface area contributed by atoms with Gasteiger partial charge < -0.3 is 4.42 Å². The molecular weight excluding hydrogens is 320 g/mol. The summed E-state index contributed by atoms with van der Waals surface area (Å²) in [6.45, 7) is 6.53. The minimum Gasteiger partial charge on any atom is -0.420 e. The largest absolute Gasteiger partial charge is 0.420 e. The van der Waals surface area contributed by atoms with Crippen molar-refractivity contribution < 1.29 is 4.42 Å². The summed E-state index contributed by atoms with van der Waals surface area (Å²) in [5, 5.41) is 9.02. The molecule has 4 heteroatoms. The van der Waals surface area contributed by atoms with Crippen molar-refractivity contribution in [2.24, 2.45) is 5.92 Å². The molecule has 0 spiro atoms. The van der Waals surface area contributed by atoms with Crippen LogP contribution < -0.4 is 0 Å². The van der Waals surface area contributed by atoms with Gasteiger partial charge in [-0.25, -0.2) is 0 Å². The smallest absolute Gasteiger partial charge is 0.247 e. The fourth-order valence-corrected chi connectivity index (χ4v) is 2.89. The van der Waals surface area contributed by atoms with Crippen molar-refractivity contribution in [3.63, 3.8) is 0 Å². The zero-order valence-corrected chi connectivity index (χ0v) is 14.9. The zero-order valence-electron chi connectivity index (χ0n) is 14.2. The van der Waals surface area contributed by atoms with E-state index in [2.05, 4.69) is 55.2 Å². The van der Waals surface area contributed by atoms with Gasteiger partial charge in [0.05, 0.1) is 5.92 Å². The lowest BCUT2D eigenvalue weighted by atomic mass is 9.97. The summed E-state index contributed by atoms with van der Waals surface area (Å²) in [4.78, 5) is 0. The van der Waals surface area contributed by atoms with Crippen LogP contribution in [-0.4, -0.2) is 10.2 Å². The van der Waals surface area contributed by atoms with Crippen LogP contribution >= 0.6 is 11.6 Å². The van der Waals surface area contributed by atoms with E-state index in [0.29, 0.717) is 22.7 Å². The molecule has 0 bridgehead atoms. The highest BCUT2D eigenvalue weighted by Crippen LogP contribution is 2.27. The molecule has 1 atom stereocenters. The number of hydrogen-bond acceptors (Lipinski definition) is 3. The Morgan fingerprint density at radius 1 is 1.00 bits per heavy atom. The third-order valence-corrected chi connectivity index (χ3v) is 4.24. The Kier molecular flexibility index (Phi) is 5.00. The van der Waals surface area contributed by atoms with Crippen LogP contribution in [0.3, 0.4) is 0 Å². The van der Waals surface area contributed by atoms with Gasteiger partial charge in [-0.15, -0.1) is 10.2 Å². The van der Waals surface area contributed by atoms with Gasteiger partial charge in [-0.3, -0.25) is 0 Å². The summed E-state index contributed by atoms with van der Waals surface area (Å²) in [5.41, 5.74) is 3.36. The molecule has 0 N–H and O–H groups in total. The van der Waals surface area contributed by atoms with Crippen LogP contribution in [0.4, 0.5) is 0 Å². The Morgan fingerprint density at radius 2 is 1.75 bits per heavy atom. The summed E-state index contributed by atoms with van der Waals surface area (Å²) in [6, 6.07) is 16.1. The van der Waals surface area contributed by atoms with Crippen LogP contribution in [0.1, 0.15) is 43.7 Å². The second kappa shape index (κ2) is 7.18. The number of rotatable bonds is 5. The van der Waals surface area contributed by atoms with Gasteiger partial charge in [0.2, 0.25) is 11.8 Å². The summed E-state index contributed by atoms with van der Waals surface area (Å²) in [7, 11) is 0. The highest BCUT2D eigenvalue weighted by Gasteiger charge is 2.17. The first-order valence-corrected chi connectivity index (χ1v) is 8.59. The molecule has 1 aromatic heterocycles. The van der Waals surface area contributed by atoms with Crippen molar-refractivity contribution in [2.45, 2.75) is 33.1 Å². The molecule has 3 rings (SSSR count). The minimum absolute atomic E-state index is 0.0542. The summed E-state index contributed by atoms with van der Waals surface area (Å²) >= 11 is 6.02. The van der Waals surface area contributed by atoms with Gasteiger partial charge >= 0.3 is 0 Å². The lowest BCUT2D eigenvalue weighted by Crippen LogP contribution is -1.98. The monoisotopic (exact) mass is 340 g/mol. The van der Waals surface area contributed by atoms with Crippen molar-refractivity contribution in [3.8, 4) is 11.5 Å². The van der Waals surface area contributed by atoms with E-state index in [1.807, 2.05) is 24.3 Å². The first-order valence-electron chi connectivity index (χ1n) is 8.21. The van der Waals surface area contributed by atoms with Crippen molar-refractivity contribution >= 4 is 11.6 Å². The standard InChI is InChI=1S/C20H21ClN2O/c1-13(2)11-15-7-9-16(10-8-15)14(3)19-22-23-20(24-19)17-5-4-6-18(21)12-17/h4-10,12-14H,11H2,1-3H3. The Hall–Kier alpha value is -2.13. The van der Waals surface area contributed by atoms with E-state index >= 15 is 0 Å². The lowest BCUT2D eigenvalue weighted by Gasteiger charge is -2.09. The Morgan fingerprint density at radius 3 is 2.42 bits per heavy atom. The van der Waals surface area contributed by atoms with Gasteiger partial charge in [-0.05, 0) is 48.6 Å². The molecule has 3 nitrogen and oxygen atoms in total. The SMILES string of the molecule is CC(C)Cc1ccc(C(C)c2nnc(-c3cccc(Cl)c3)o2)cc1. The van der Waals surface area contributed by atoms with Gasteiger partial charge in [0, 0.05) is 10.6 Å². The molecule has 24 heavy (non-hydrogen) atoms. The Labute approximate surface area is 147 Å². The van der Waals surface area contributed by atoms with Crippen LogP contribution in [0.15, 0.2) is 52.9 Å². The number of nitrogens with zero attached hydrogens (tertiary/aromatic N) is 2. The number of hydrogen-bond donors (Lipinski definition) is 0. The minimum atomic E-state index is 0.0542. The van der Waals surface area contributed by atoms with E-state index in [4.69, 9.17) is 16.0 Å². The summed E-state index contributed by atoms with van der Waals surface area (Å²) < 4.78 is 5.85. The molecule has 0 aliphatic heterocycles. The normalized spacial score (nSPS) is 12.5. The Balaban J connectivity index is 1.79. The third kappa shape index (κ3) is 3.85. The molecule has 3 aromatic rings. The van der Waals surface area contributed by atoms with E-state index in [9.17, 15) is 0 Å². The topological polar surface area (TPSA) is 38.9 Å². The van der Waals surface area contributed by atoms with Crippen LogP contribution in [-0.2, 0) is 6.42 Å². The van der Waals surface area contributed by atoms with E-state index in [1.54, 1.807) is 0 Å². The first kappa shape index (κ1) is 16.7. The molecule has 124 valence electrons. The van der Waals surface area contributed by atoms with Crippen LogP contribution in [0.2, 0.25) is 5.02 Å². The molecule has 1 unspecified atom stereocenters. The van der Waals surface area contributed by atoms with E-state index in [0.717, 1.165) is 12.0 Å². The maximum absolute atomic E-state index is 6.02. The molecule has 2 aromatic carbocycles. The van der Waals surface area contributed by atoms with Crippen LogP contribution in [0, 0.1) is 5.92 Å². The van der Waals surface area contributed by atoms with Crippen LogP contribution in [0.5, 0.6) is 0 Å². The molecule has 0 fully saturated rings. The molecule has 0 saturated heterocycles. The van der Waals surface area contributed by atoms with Gasteiger partial charge in [0.1, 0.15) is 0 Å². The predicted octanol–water partition coefficient (Wildman–Crippen LogP) is 5.74. The summed E-state index contributed by atoms with van der Waals surface area (Å²) in [5.74, 6) is 1.82. The maximum Gasteiger partial charge on any atom is 0.247 e. The van der Waals surface area contributed by atoms with Crippen molar-refractivity contribution in [3.05, 3.63) is 70.6 Å². The first-order chi connectivity index (χ1) is 11.5. The highest BCUT2D eigenvalue weighted by atomic mass is 35.5. The van der Waals surface area contributed by atoms with E-state index < -0.39 is 0 Å². The van der Waals surface area contributed by atoms with Crippen molar-refractivity contribution in [2.75, 3.05) is 0 Å². The second-order valence-corrected chi connectivity index (χ2v) is 6.95. The van der Waals surface area contributed by atoms with Gasteiger partial charge in [0.15, 0.2) is 0 Å². The molecule has 0 saturated carbocycles. The van der Waals surface area contributed by atoms with Crippen LogP contribution in [0.25, 0.3) is 11.5 Å². The molecule has 1 heterocycles. The summed E-state index contributed by atoms with van der Waals surface area (Å²) in [6.07, 6.45) is 1.09. The highest BCUT2D eigenvalue weighted by molar-refractivity contribution is 6.30. The van der Waals surface area contributed by atoms with Crippen molar-refractivity contribution in [1.29, 1.82) is 0 Å². The predicted molar refractivity (Wildman–Crippen MR) is 97.2 cm³/mol. The quantitative estimate of drug-likeness (QED) is 0.594. The fraction of sp³-hybridized carbons (Fsp3) is 0.300.